The lowest BCUT2D eigenvalue weighted by Gasteiger charge is -2.34. The molecular formula is C25H22N4O2S. The summed E-state index contributed by atoms with van der Waals surface area (Å²) in [5.74, 6) is 0.194. The SMILES string of the molecule is Cc1ccc(S(=O)(=O)n2nc(N)c3c2CC(c2ccccc2)(c2cccnc2)C=C3)cc1. The highest BCUT2D eigenvalue weighted by atomic mass is 32.2. The van der Waals surface area contributed by atoms with Crippen molar-refractivity contribution in [3.05, 3.63) is 113 Å². The monoisotopic (exact) mass is 442 g/mol. The standard InChI is InChI=1S/C25H22N4O2S/c1-18-9-11-21(12-10-18)32(30,31)29-23-16-25(19-6-3-2-4-7-19,20-8-5-15-27-17-20)14-13-22(23)24(26)28-29/h2-15,17H,16H2,1H3,(H2,26,28). The van der Waals surface area contributed by atoms with Crippen molar-refractivity contribution < 1.29 is 8.42 Å². The Balaban J connectivity index is 1.71. The first-order valence-electron chi connectivity index (χ1n) is 10.3. The molecule has 32 heavy (non-hydrogen) atoms. The second-order valence-electron chi connectivity index (χ2n) is 8.00. The molecule has 2 aromatic carbocycles. The van der Waals surface area contributed by atoms with Crippen LogP contribution < -0.4 is 5.73 Å². The minimum atomic E-state index is -3.91. The van der Waals surface area contributed by atoms with Crippen molar-refractivity contribution in [1.29, 1.82) is 0 Å². The molecule has 2 N–H and O–H groups in total. The van der Waals surface area contributed by atoms with Crippen molar-refractivity contribution in [3.8, 4) is 0 Å². The fraction of sp³-hybridized carbons (Fsp3) is 0.120. The maximum Gasteiger partial charge on any atom is 0.283 e. The molecule has 2 heterocycles. The molecule has 0 bridgehead atoms. The summed E-state index contributed by atoms with van der Waals surface area (Å²) in [6.07, 6.45) is 7.87. The van der Waals surface area contributed by atoms with Crippen LogP contribution in [0.1, 0.15) is 27.9 Å². The summed E-state index contributed by atoms with van der Waals surface area (Å²) >= 11 is 0. The average Bonchev–Trinajstić information content (AvgIpc) is 3.17. The zero-order valence-electron chi connectivity index (χ0n) is 17.5. The van der Waals surface area contributed by atoms with Gasteiger partial charge in [0.25, 0.3) is 10.0 Å². The number of benzene rings is 2. The Morgan fingerprint density at radius 1 is 0.969 bits per heavy atom. The minimum Gasteiger partial charge on any atom is -0.382 e. The first-order valence-corrected chi connectivity index (χ1v) is 11.7. The van der Waals surface area contributed by atoms with E-state index in [0.29, 0.717) is 17.7 Å². The number of nitrogens with zero attached hydrogens (tertiary/aromatic N) is 3. The van der Waals surface area contributed by atoms with Gasteiger partial charge in [0.2, 0.25) is 0 Å². The zero-order valence-corrected chi connectivity index (χ0v) is 18.3. The summed E-state index contributed by atoms with van der Waals surface area (Å²) in [5, 5.41) is 4.26. The zero-order chi connectivity index (χ0) is 22.3. The summed E-state index contributed by atoms with van der Waals surface area (Å²) in [4.78, 5) is 4.49. The van der Waals surface area contributed by atoms with Crippen LogP contribution in [0.15, 0.2) is 90.1 Å². The van der Waals surface area contributed by atoms with Gasteiger partial charge in [0.1, 0.15) is 0 Å². The molecule has 5 rings (SSSR count). The molecule has 1 aliphatic rings. The van der Waals surface area contributed by atoms with E-state index in [1.54, 1.807) is 30.5 Å². The molecule has 1 unspecified atom stereocenters. The highest BCUT2D eigenvalue weighted by Gasteiger charge is 2.39. The van der Waals surface area contributed by atoms with Gasteiger partial charge in [-0.05, 0) is 36.2 Å². The number of aryl methyl sites for hydroxylation is 1. The predicted octanol–water partition coefficient (Wildman–Crippen LogP) is 3.96. The number of aromatic nitrogens is 3. The van der Waals surface area contributed by atoms with E-state index < -0.39 is 15.4 Å². The molecule has 0 amide bonds. The average molecular weight is 443 g/mol. The number of allylic oxidation sites excluding steroid dienone is 1. The Morgan fingerprint density at radius 2 is 1.69 bits per heavy atom. The van der Waals surface area contributed by atoms with E-state index in [1.165, 1.54) is 0 Å². The van der Waals surface area contributed by atoms with Crippen molar-refractivity contribution in [1.82, 2.24) is 14.2 Å². The number of pyridine rings is 1. The van der Waals surface area contributed by atoms with Gasteiger partial charge < -0.3 is 5.73 Å². The maximum atomic E-state index is 13.5. The second-order valence-corrected chi connectivity index (χ2v) is 9.76. The number of hydrogen-bond acceptors (Lipinski definition) is 5. The topological polar surface area (TPSA) is 90.9 Å². The Hall–Kier alpha value is -3.71. The fourth-order valence-electron chi connectivity index (χ4n) is 4.29. The van der Waals surface area contributed by atoms with Crippen molar-refractivity contribution in [2.75, 3.05) is 5.73 Å². The lowest BCUT2D eigenvalue weighted by atomic mass is 9.69. The van der Waals surface area contributed by atoms with E-state index in [4.69, 9.17) is 5.73 Å². The third-order valence-electron chi connectivity index (χ3n) is 6.01. The van der Waals surface area contributed by atoms with Crippen molar-refractivity contribution in [3.63, 3.8) is 0 Å². The normalized spacial score (nSPS) is 17.8. The van der Waals surface area contributed by atoms with Crippen LogP contribution in [0.3, 0.4) is 0 Å². The van der Waals surface area contributed by atoms with Gasteiger partial charge in [0.05, 0.1) is 10.6 Å². The molecule has 0 spiro atoms. The van der Waals surface area contributed by atoms with Crippen LogP contribution in [0.4, 0.5) is 5.82 Å². The van der Waals surface area contributed by atoms with Gasteiger partial charge in [-0.2, -0.15) is 12.5 Å². The molecular weight excluding hydrogens is 420 g/mol. The minimum absolute atomic E-state index is 0.176. The number of anilines is 1. The van der Waals surface area contributed by atoms with E-state index in [9.17, 15) is 8.42 Å². The number of rotatable bonds is 4. The molecule has 1 aliphatic carbocycles. The van der Waals surface area contributed by atoms with Gasteiger partial charge in [0, 0.05) is 29.8 Å². The molecule has 160 valence electrons. The van der Waals surface area contributed by atoms with Crippen molar-refractivity contribution in [2.45, 2.75) is 23.7 Å². The van der Waals surface area contributed by atoms with Gasteiger partial charge >= 0.3 is 0 Å². The molecule has 4 aromatic rings. The second kappa shape index (κ2) is 7.46. The van der Waals surface area contributed by atoms with E-state index >= 15 is 0 Å². The quantitative estimate of drug-likeness (QED) is 0.517. The van der Waals surface area contributed by atoms with E-state index in [2.05, 4.69) is 16.2 Å². The van der Waals surface area contributed by atoms with E-state index in [0.717, 1.165) is 20.8 Å². The lowest BCUT2D eigenvalue weighted by Crippen LogP contribution is -2.32. The smallest absolute Gasteiger partial charge is 0.283 e. The molecule has 0 saturated heterocycles. The van der Waals surface area contributed by atoms with Gasteiger partial charge in [-0.25, -0.2) is 0 Å². The number of nitrogens with two attached hydrogens (primary N) is 1. The van der Waals surface area contributed by atoms with Crippen LogP contribution in [0.5, 0.6) is 0 Å². The van der Waals surface area contributed by atoms with E-state index in [1.807, 2.05) is 61.7 Å². The molecule has 7 heteroatoms. The third kappa shape index (κ3) is 3.13. The Bertz CT molecular complexity index is 1370. The molecule has 1 atom stereocenters. The van der Waals surface area contributed by atoms with Gasteiger partial charge in [-0.15, -0.1) is 5.10 Å². The Kier molecular flexibility index (Phi) is 4.71. The number of nitrogen functional groups attached to an aromatic ring is 1. The Morgan fingerprint density at radius 3 is 2.38 bits per heavy atom. The molecule has 6 nitrogen and oxygen atoms in total. The summed E-state index contributed by atoms with van der Waals surface area (Å²) in [6.45, 7) is 1.91. The first kappa shape index (κ1) is 20.2. The van der Waals surface area contributed by atoms with Crippen LogP contribution in [0.2, 0.25) is 0 Å². The number of fused-ring (bicyclic) bond motifs is 1. The van der Waals surface area contributed by atoms with Gasteiger partial charge in [-0.3, -0.25) is 4.98 Å². The largest absolute Gasteiger partial charge is 0.382 e. The summed E-state index contributed by atoms with van der Waals surface area (Å²) in [7, 11) is -3.91. The van der Waals surface area contributed by atoms with Crippen LogP contribution in [0, 0.1) is 6.92 Å². The first-order chi connectivity index (χ1) is 15.4. The van der Waals surface area contributed by atoms with Crippen LogP contribution in [-0.2, 0) is 21.9 Å². The van der Waals surface area contributed by atoms with E-state index in [-0.39, 0.29) is 10.7 Å². The van der Waals surface area contributed by atoms with Crippen LogP contribution in [0.25, 0.3) is 6.08 Å². The summed E-state index contributed by atoms with van der Waals surface area (Å²) in [5.41, 5.74) is 9.74. The molecule has 0 aliphatic heterocycles. The highest BCUT2D eigenvalue weighted by Crippen LogP contribution is 2.43. The van der Waals surface area contributed by atoms with Crippen molar-refractivity contribution >= 4 is 21.9 Å². The lowest BCUT2D eigenvalue weighted by molar-refractivity contribution is 0.564. The van der Waals surface area contributed by atoms with Gasteiger partial charge in [-0.1, -0.05) is 66.2 Å². The summed E-state index contributed by atoms with van der Waals surface area (Å²) in [6, 6.07) is 20.6. The molecule has 0 radical (unpaired) electrons. The third-order valence-corrected chi connectivity index (χ3v) is 7.63. The van der Waals surface area contributed by atoms with Crippen LogP contribution >= 0.6 is 0 Å². The summed E-state index contributed by atoms with van der Waals surface area (Å²) < 4.78 is 28.1. The fourth-order valence-corrected chi connectivity index (χ4v) is 5.62. The van der Waals surface area contributed by atoms with Crippen molar-refractivity contribution in [2.24, 2.45) is 0 Å². The number of hydrogen-bond donors (Lipinski definition) is 1. The van der Waals surface area contributed by atoms with Crippen LogP contribution in [-0.4, -0.2) is 22.6 Å². The maximum absolute atomic E-state index is 13.5. The predicted molar refractivity (Wildman–Crippen MR) is 125 cm³/mol. The molecule has 0 fully saturated rings. The Labute approximate surface area is 187 Å². The molecule has 0 saturated carbocycles. The van der Waals surface area contributed by atoms with Gasteiger partial charge in [0.15, 0.2) is 5.82 Å². The highest BCUT2D eigenvalue weighted by molar-refractivity contribution is 7.89. The molecule has 2 aromatic heterocycles.